The van der Waals surface area contributed by atoms with E-state index >= 15 is 0 Å². The summed E-state index contributed by atoms with van der Waals surface area (Å²) in [5.41, 5.74) is 7.08. The number of nitrogens with zero attached hydrogens (tertiary/aromatic N) is 1. The zero-order valence-corrected chi connectivity index (χ0v) is 15.3. The minimum Gasteiger partial charge on any atom is -0.366 e. The van der Waals surface area contributed by atoms with Crippen molar-refractivity contribution < 1.29 is 13.2 Å². The first-order valence-corrected chi connectivity index (χ1v) is 9.77. The van der Waals surface area contributed by atoms with Gasteiger partial charge in [0, 0.05) is 23.2 Å². The van der Waals surface area contributed by atoms with Crippen LogP contribution in [0, 0.1) is 6.92 Å². The quantitative estimate of drug-likeness (QED) is 0.838. The lowest BCUT2D eigenvalue weighted by molar-refractivity contribution is 0.1000. The molecule has 0 aliphatic heterocycles. The minimum atomic E-state index is -3.63. The van der Waals surface area contributed by atoms with Crippen LogP contribution < -0.4 is 5.73 Å². The summed E-state index contributed by atoms with van der Waals surface area (Å²) in [4.78, 5) is 11.4. The lowest BCUT2D eigenvalue weighted by Crippen LogP contribution is -2.33. The van der Waals surface area contributed by atoms with Crippen molar-refractivity contribution in [2.24, 2.45) is 5.73 Å². The van der Waals surface area contributed by atoms with Crippen molar-refractivity contribution in [2.75, 3.05) is 0 Å². The summed E-state index contributed by atoms with van der Waals surface area (Å²) in [5, 5.41) is 0.511. The van der Waals surface area contributed by atoms with E-state index in [9.17, 15) is 13.2 Å². The van der Waals surface area contributed by atoms with Crippen molar-refractivity contribution in [2.45, 2.75) is 37.2 Å². The number of nitrogens with two attached hydrogens (primary N) is 1. The van der Waals surface area contributed by atoms with E-state index in [4.69, 9.17) is 17.3 Å². The maximum absolute atomic E-state index is 13.1. The highest BCUT2D eigenvalue weighted by molar-refractivity contribution is 7.89. The van der Waals surface area contributed by atoms with Gasteiger partial charge in [0.15, 0.2) is 0 Å². The number of primary amides is 1. The van der Waals surface area contributed by atoms with Gasteiger partial charge in [-0.3, -0.25) is 4.79 Å². The van der Waals surface area contributed by atoms with E-state index in [0.717, 1.165) is 18.4 Å². The fourth-order valence-corrected chi connectivity index (χ4v) is 4.86. The Bertz CT molecular complexity index is 906. The van der Waals surface area contributed by atoms with Gasteiger partial charge in [0.05, 0.1) is 4.90 Å². The zero-order chi connectivity index (χ0) is 18.2. The molecular formula is C18H19ClN2O3S. The Labute approximate surface area is 152 Å². The largest absolute Gasteiger partial charge is 0.366 e. The normalized spacial score (nSPS) is 14.7. The van der Waals surface area contributed by atoms with Crippen LogP contribution in [0.5, 0.6) is 0 Å². The van der Waals surface area contributed by atoms with E-state index in [0.29, 0.717) is 16.1 Å². The van der Waals surface area contributed by atoms with Gasteiger partial charge in [0.25, 0.3) is 0 Å². The summed E-state index contributed by atoms with van der Waals surface area (Å²) >= 11 is 5.95. The highest BCUT2D eigenvalue weighted by atomic mass is 35.5. The molecule has 0 aromatic heterocycles. The van der Waals surface area contributed by atoms with Crippen LogP contribution >= 0.6 is 11.6 Å². The molecule has 1 aliphatic carbocycles. The van der Waals surface area contributed by atoms with Crippen LogP contribution in [0.3, 0.4) is 0 Å². The molecule has 1 amide bonds. The summed E-state index contributed by atoms with van der Waals surface area (Å²) in [6.45, 7) is 2.00. The molecule has 132 valence electrons. The number of benzene rings is 2. The van der Waals surface area contributed by atoms with Crippen LogP contribution in [0.1, 0.15) is 34.3 Å². The molecule has 0 unspecified atom stereocenters. The third-order valence-corrected chi connectivity index (χ3v) is 6.55. The molecule has 2 aromatic rings. The maximum Gasteiger partial charge on any atom is 0.248 e. The summed E-state index contributed by atoms with van der Waals surface area (Å²) in [5.74, 6) is -0.505. The highest BCUT2D eigenvalue weighted by Gasteiger charge is 2.38. The molecule has 2 N–H and O–H groups in total. The number of hydrogen-bond donors (Lipinski definition) is 1. The third-order valence-electron chi connectivity index (χ3n) is 4.25. The summed E-state index contributed by atoms with van der Waals surface area (Å²) in [7, 11) is -3.63. The third kappa shape index (κ3) is 3.86. The average molecular weight is 379 g/mol. The first kappa shape index (κ1) is 17.9. The van der Waals surface area contributed by atoms with Crippen molar-refractivity contribution in [3.63, 3.8) is 0 Å². The molecule has 0 heterocycles. The number of amides is 1. The van der Waals surface area contributed by atoms with Gasteiger partial charge >= 0.3 is 0 Å². The van der Waals surface area contributed by atoms with E-state index < -0.39 is 15.9 Å². The van der Waals surface area contributed by atoms with Crippen LogP contribution in [0.25, 0.3) is 0 Å². The first-order chi connectivity index (χ1) is 11.8. The molecule has 7 heteroatoms. The standard InChI is InChI=1S/C18H19ClN2O3S/c1-12-10-15(19)6-9-17(12)25(23,24)21(16-7-8-16)11-13-2-4-14(5-3-13)18(20)22/h2-6,9-10,16H,7-8,11H2,1H3,(H2,20,22). The second kappa shape index (κ2) is 6.78. The maximum atomic E-state index is 13.1. The Morgan fingerprint density at radius 1 is 1.20 bits per heavy atom. The summed E-state index contributed by atoms with van der Waals surface area (Å²) in [6, 6.07) is 11.5. The number of carbonyl (C=O) groups is 1. The second-order valence-electron chi connectivity index (χ2n) is 6.25. The highest BCUT2D eigenvalue weighted by Crippen LogP contribution is 2.34. The van der Waals surface area contributed by atoms with Crippen LogP contribution in [0.4, 0.5) is 0 Å². The van der Waals surface area contributed by atoms with E-state index in [2.05, 4.69) is 0 Å². The SMILES string of the molecule is Cc1cc(Cl)ccc1S(=O)(=O)N(Cc1ccc(C(N)=O)cc1)C1CC1. The molecule has 1 saturated carbocycles. The predicted molar refractivity (Wildman–Crippen MR) is 96.9 cm³/mol. The van der Waals surface area contributed by atoms with E-state index in [1.165, 1.54) is 4.31 Å². The second-order valence-corrected chi connectivity index (χ2v) is 8.55. The molecule has 0 spiro atoms. The van der Waals surface area contributed by atoms with Gasteiger partial charge in [-0.2, -0.15) is 4.31 Å². The molecule has 3 rings (SSSR count). The fraction of sp³-hybridized carbons (Fsp3) is 0.278. The van der Waals surface area contributed by atoms with Crippen molar-refractivity contribution in [3.8, 4) is 0 Å². The van der Waals surface area contributed by atoms with E-state index in [1.807, 2.05) is 0 Å². The number of carbonyl (C=O) groups excluding carboxylic acids is 1. The van der Waals surface area contributed by atoms with Gasteiger partial charge in [0.2, 0.25) is 15.9 Å². The molecule has 0 saturated heterocycles. The molecule has 25 heavy (non-hydrogen) atoms. The van der Waals surface area contributed by atoms with Crippen molar-refractivity contribution in [1.29, 1.82) is 0 Å². The van der Waals surface area contributed by atoms with Gasteiger partial charge in [-0.05, 0) is 61.2 Å². The Hall–Kier alpha value is -1.89. The Balaban J connectivity index is 1.91. The lowest BCUT2D eigenvalue weighted by Gasteiger charge is -2.23. The van der Waals surface area contributed by atoms with Crippen LogP contribution in [0.2, 0.25) is 5.02 Å². The number of rotatable bonds is 6. The smallest absolute Gasteiger partial charge is 0.248 e. The zero-order valence-electron chi connectivity index (χ0n) is 13.8. The molecule has 5 nitrogen and oxygen atoms in total. The van der Waals surface area contributed by atoms with Gasteiger partial charge in [-0.15, -0.1) is 0 Å². The minimum absolute atomic E-state index is 0.0101. The monoisotopic (exact) mass is 378 g/mol. The number of aryl methyl sites for hydroxylation is 1. The predicted octanol–water partition coefficient (Wildman–Crippen LogP) is 3.10. The molecule has 0 bridgehead atoms. The van der Waals surface area contributed by atoms with Gasteiger partial charge in [-0.1, -0.05) is 23.7 Å². The van der Waals surface area contributed by atoms with Crippen LogP contribution in [-0.2, 0) is 16.6 Å². The molecule has 0 atom stereocenters. The number of halogens is 1. The molecule has 0 radical (unpaired) electrons. The fourth-order valence-electron chi connectivity index (χ4n) is 2.76. The Kier molecular flexibility index (Phi) is 4.86. The van der Waals surface area contributed by atoms with Gasteiger partial charge in [-0.25, -0.2) is 8.42 Å². The van der Waals surface area contributed by atoms with Gasteiger partial charge < -0.3 is 5.73 Å². The molecular weight excluding hydrogens is 360 g/mol. The lowest BCUT2D eigenvalue weighted by atomic mass is 10.1. The average Bonchev–Trinajstić information content (AvgIpc) is 3.37. The van der Waals surface area contributed by atoms with Crippen molar-refractivity contribution in [1.82, 2.24) is 4.31 Å². The van der Waals surface area contributed by atoms with Gasteiger partial charge in [0.1, 0.15) is 0 Å². The van der Waals surface area contributed by atoms with Crippen LogP contribution in [-0.4, -0.2) is 24.7 Å². The molecule has 1 aliphatic rings. The van der Waals surface area contributed by atoms with Crippen molar-refractivity contribution in [3.05, 3.63) is 64.2 Å². The van der Waals surface area contributed by atoms with Crippen LogP contribution in [0.15, 0.2) is 47.4 Å². The van der Waals surface area contributed by atoms with Crippen molar-refractivity contribution >= 4 is 27.5 Å². The molecule has 2 aromatic carbocycles. The molecule has 1 fully saturated rings. The van der Waals surface area contributed by atoms with E-state index in [1.54, 1.807) is 49.4 Å². The summed E-state index contributed by atoms with van der Waals surface area (Å²) < 4.78 is 27.8. The number of hydrogen-bond acceptors (Lipinski definition) is 3. The van der Waals surface area contributed by atoms with E-state index in [-0.39, 0.29) is 17.5 Å². The summed E-state index contributed by atoms with van der Waals surface area (Å²) in [6.07, 6.45) is 1.70. The Morgan fingerprint density at radius 2 is 1.84 bits per heavy atom. The topological polar surface area (TPSA) is 80.5 Å². The Morgan fingerprint density at radius 3 is 2.36 bits per heavy atom. The number of sulfonamides is 1. The first-order valence-electron chi connectivity index (χ1n) is 7.96.